The van der Waals surface area contributed by atoms with Crippen molar-refractivity contribution in [3.8, 4) is 0 Å². The van der Waals surface area contributed by atoms with Crippen LogP contribution in [-0.2, 0) is 6.42 Å². The van der Waals surface area contributed by atoms with Crippen molar-refractivity contribution in [3.63, 3.8) is 0 Å². The minimum Gasteiger partial charge on any atom is -0.294 e. The second-order valence-electron chi connectivity index (χ2n) is 6.70. The Kier molecular flexibility index (Phi) is 13.7. The lowest BCUT2D eigenvalue weighted by molar-refractivity contribution is 0.0992. The van der Waals surface area contributed by atoms with Crippen molar-refractivity contribution in [3.05, 3.63) is 59.2 Å². The second-order valence-corrected chi connectivity index (χ2v) is 6.70. The fraction of sp³-hybridized carbons (Fsp3) is 0.542. The van der Waals surface area contributed by atoms with Gasteiger partial charge in [0.1, 0.15) is 0 Å². The molecule has 0 heterocycles. The monoisotopic (exact) mass is 344 g/mol. The van der Waals surface area contributed by atoms with Crippen molar-refractivity contribution in [2.45, 2.75) is 86.0 Å². The zero-order valence-corrected chi connectivity index (χ0v) is 17.2. The first-order valence-corrected chi connectivity index (χ1v) is 9.94. The van der Waals surface area contributed by atoms with Gasteiger partial charge in [0, 0.05) is 13.4 Å². The maximum absolute atomic E-state index is 12.6. The minimum atomic E-state index is 0. The molecular weight excluding hydrogens is 304 g/mol. The average molecular weight is 345 g/mol. The smallest absolute Gasteiger partial charge is 0.167 e. The van der Waals surface area contributed by atoms with E-state index in [1.54, 1.807) is 6.08 Å². The summed E-state index contributed by atoms with van der Waals surface area (Å²) in [6, 6.07) is 6.29. The van der Waals surface area contributed by atoms with Gasteiger partial charge in [-0.1, -0.05) is 89.3 Å². The highest BCUT2D eigenvalue weighted by molar-refractivity contribution is 5.99. The standard InChI is InChI=1S/C21H30O.C3H8.H2/c1-5-8-9-10-11-12-19-14-13-17(4)15-20(19)21(22)16-18(6-2)7-3;1-3-2;/h6-7,13-15H,2,5,8-12,16H2,1,3-4H3;3H2,1-2H3;1H/b18-7+;;. The van der Waals surface area contributed by atoms with E-state index in [-0.39, 0.29) is 7.21 Å². The molecule has 25 heavy (non-hydrogen) atoms. The molecule has 0 saturated carbocycles. The van der Waals surface area contributed by atoms with Gasteiger partial charge in [0.2, 0.25) is 0 Å². The predicted octanol–water partition coefficient (Wildman–Crippen LogP) is 7.88. The molecule has 0 spiro atoms. The van der Waals surface area contributed by atoms with E-state index < -0.39 is 0 Å². The third-order valence-electron chi connectivity index (χ3n) is 4.11. The van der Waals surface area contributed by atoms with Crippen molar-refractivity contribution in [1.29, 1.82) is 0 Å². The lowest BCUT2D eigenvalue weighted by Crippen LogP contribution is -2.05. The number of unbranched alkanes of at least 4 members (excludes halogenated alkanes) is 4. The van der Waals surface area contributed by atoms with E-state index in [1.165, 1.54) is 44.1 Å². The summed E-state index contributed by atoms with van der Waals surface area (Å²) in [6.07, 6.45) is 12.7. The van der Waals surface area contributed by atoms with Gasteiger partial charge >= 0.3 is 0 Å². The molecule has 0 fully saturated rings. The summed E-state index contributed by atoms with van der Waals surface area (Å²) in [7, 11) is 0. The number of hydrogen-bond acceptors (Lipinski definition) is 1. The number of carbonyl (C=O) groups excluding carboxylic acids is 1. The highest BCUT2D eigenvalue weighted by atomic mass is 16.1. The van der Waals surface area contributed by atoms with E-state index in [4.69, 9.17) is 0 Å². The van der Waals surface area contributed by atoms with Crippen molar-refractivity contribution in [2.24, 2.45) is 0 Å². The van der Waals surface area contributed by atoms with Gasteiger partial charge in [-0.3, -0.25) is 4.79 Å². The van der Waals surface area contributed by atoms with Crippen LogP contribution in [0.5, 0.6) is 0 Å². The summed E-state index contributed by atoms with van der Waals surface area (Å²) >= 11 is 0. The van der Waals surface area contributed by atoms with E-state index in [2.05, 4.69) is 39.5 Å². The van der Waals surface area contributed by atoms with Gasteiger partial charge in [-0.15, -0.1) is 0 Å². The van der Waals surface area contributed by atoms with Crippen LogP contribution in [0.3, 0.4) is 0 Å². The lowest BCUT2D eigenvalue weighted by atomic mass is 9.93. The maximum atomic E-state index is 12.6. The molecule has 0 unspecified atom stereocenters. The van der Waals surface area contributed by atoms with Crippen LogP contribution in [0.1, 0.15) is 95.6 Å². The lowest BCUT2D eigenvalue weighted by Gasteiger charge is -2.10. The molecule has 0 aliphatic heterocycles. The molecule has 0 radical (unpaired) electrons. The molecule has 142 valence electrons. The number of aryl methyl sites for hydroxylation is 2. The molecule has 0 saturated heterocycles. The van der Waals surface area contributed by atoms with Crippen molar-refractivity contribution in [2.75, 3.05) is 0 Å². The first kappa shape index (κ1) is 23.4. The van der Waals surface area contributed by atoms with E-state index in [0.717, 1.165) is 23.1 Å². The molecule has 0 bridgehead atoms. The second kappa shape index (κ2) is 14.7. The zero-order valence-electron chi connectivity index (χ0n) is 17.2. The Labute approximate surface area is 157 Å². The van der Waals surface area contributed by atoms with Gasteiger partial charge in [0.25, 0.3) is 0 Å². The van der Waals surface area contributed by atoms with E-state index >= 15 is 0 Å². The summed E-state index contributed by atoms with van der Waals surface area (Å²) in [6.45, 7) is 14.3. The van der Waals surface area contributed by atoms with E-state index in [9.17, 15) is 4.79 Å². The molecule has 0 amide bonds. The molecule has 1 rings (SSSR count). The molecule has 0 aliphatic rings. The Balaban J connectivity index is 0. The fourth-order valence-corrected chi connectivity index (χ4v) is 2.66. The molecule has 1 aromatic rings. The third kappa shape index (κ3) is 10.1. The van der Waals surface area contributed by atoms with Gasteiger partial charge in [0.05, 0.1) is 0 Å². The first-order chi connectivity index (χ1) is 12.0. The average Bonchev–Trinajstić information content (AvgIpc) is 2.61. The van der Waals surface area contributed by atoms with Gasteiger partial charge < -0.3 is 0 Å². The third-order valence-corrected chi connectivity index (χ3v) is 4.11. The molecule has 0 aliphatic carbocycles. The molecular formula is C24H40O. The first-order valence-electron chi connectivity index (χ1n) is 9.94. The Morgan fingerprint density at radius 3 is 2.32 bits per heavy atom. The molecule has 1 nitrogen and oxygen atoms in total. The molecule has 1 aromatic carbocycles. The molecule has 0 aromatic heterocycles. The summed E-state index contributed by atoms with van der Waals surface area (Å²) in [5.41, 5.74) is 4.25. The number of rotatable bonds is 10. The minimum absolute atomic E-state index is 0. The summed E-state index contributed by atoms with van der Waals surface area (Å²) in [5, 5.41) is 0. The van der Waals surface area contributed by atoms with Crippen molar-refractivity contribution < 1.29 is 6.22 Å². The Morgan fingerprint density at radius 1 is 1.12 bits per heavy atom. The zero-order chi connectivity index (χ0) is 19.1. The van der Waals surface area contributed by atoms with Gasteiger partial charge in [-0.25, -0.2) is 0 Å². The van der Waals surface area contributed by atoms with Crippen LogP contribution in [0.2, 0.25) is 0 Å². The number of Topliss-reactive ketones (excluding diaryl/α,β-unsaturated/α-hetero) is 1. The van der Waals surface area contributed by atoms with Crippen molar-refractivity contribution in [1.82, 2.24) is 0 Å². The van der Waals surface area contributed by atoms with Crippen LogP contribution in [0.15, 0.2) is 42.5 Å². The summed E-state index contributed by atoms with van der Waals surface area (Å²) in [5.74, 6) is 0.209. The van der Waals surface area contributed by atoms with Gasteiger partial charge in [0.15, 0.2) is 5.78 Å². The summed E-state index contributed by atoms with van der Waals surface area (Å²) < 4.78 is 0. The fourth-order valence-electron chi connectivity index (χ4n) is 2.66. The predicted molar refractivity (Wildman–Crippen MR) is 115 cm³/mol. The number of allylic oxidation sites excluding steroid dienone is 3. The van der Waals surface area contributed by atoms with E-state index in [1.807, 2.05) is 26.0 Å². The highest BCUT2D eigenvalue weighted by Gasteiger charge is 2.12. The van der Waals surface area contributed by atoms with E-state index in [0.29, 0.717) is 6.42 Å². The number of hydrogen-bond donors (Lipinski definition) is 0. The van der Waals surface area contributed by atoms with Crippen LogP contribution in [-0.4, -0.2) is 5.78 Å². The van der Waals surface area contributed by atoms with Gasteiger partial charge in [-0.05, 0) is 43.9 Å². The van der Waals surface area contributed by atoms with Crippen LogP contribution in [0.25, 0.3) is 0 Å². The van der Waals surface area contributed by atoms with Crippen molar-refractivity contribution >= 4 is 5.78 Å². The topological polar surface area (TPSA) is 17.1 Å². The maximum Gasteiger partial charge on any atom is 0.167 e. The molecule has 0 atom stereocenters. The Bertz CT molecular complexity index is 543. The molecule has 1 heteroatoms. The SMILES string of the molecule is C=C/C(=C\C)CC(=O)c1cc(C)ccc1CCCCCCC.CCC.[HH]. The van der Waals surface area contributed by atoms with Crippen LogP contribution < -0.4 is 0 Å². The Hall–Kier alpha value is -1.63. The number of carbonyl (C=O) groups is 1. The Morgan fingerprint density at radius 2 is 1.76 bits per heavy atom. The quantitative estimate of drug-likeness (QED) is 0.240. The number of benzene rings is 1. The molecule has 0 N–H and O–H groups in total. The number of ketones is 1. The normalized spacial score (nSPS) is 10.8. The highest BCUT2D eigenvalue weighted by Crippen LogP contribution is 2.19. The van der Waals surface area contributed by atoms with Crippen LogP contribution in [0.4, 0.5) is 0 Å². The van der Waals surface area contributed by atoms with Gasteiger partial charge in [-0.2, -0.15) is 0 Å². The summed E-state index contributed by atoms with van der Waals surface area (Å²) in [4.78, 5) is 12.6. The van der Waals surface area contributed by atoms with Crippen LogP contribution >= 0.6 is 0 Å². The largest absolute Gasteiger partial charge is 0.294 e. The van der Waals surface area contributed by atoms with Crippen LogP contribution in [0, 0.1) is 6.92 Å².